The maximum Gasteiger partial charge on any atom is 0.220 e. The Morgan fingerprint density at radius 2 is 0.948 bits per heavy atom. The number of hydrogen-bond acceptors (Lipinski definition) is 8. The molecule has 0 radical (unpaired) electrons. The first kappa shape index (κ1) is 54.9. The van der Waals surface area contributed by atoms with Crippen LogP contribution in [0.3, 0.4) is 0 Å². The van der Waals surface area contributed by atoms with Crippen molar-refractivity contribution < 1.29 is 39.8 Å². The highest BCUT2D eigenvalue weighted by Gasteiger charge is 2.44. The lowest BCUT2D eigenvalue weighted by Gasteiger charge is -2.40. The van der Waals surface area contributed by atoms with Crippen LogP contribution >= 0.6 is 0 Å². The van der Waals surface area contributed by atoms with Gasteiger partial charge in [-0.15, -0.1) is 0 Å². The molecule has 0 spiro atoms. The zero-order valence-corrected chi connectivity index (χ0v) is 37.8. The van der Waals surface area contributed by atoms with Crippen LogP contribution in [0.1, 0.15) is 239 Å². The van der Waals surface area contributed by atoms with Crippen molar-refractivity contribution in [2.24, 2.45) is 0 Å². The third-order valence-corrected chi connectivity index (χ3v) is 12.1. The van der Waals surface area contributed by atoms with Crippen molar-refractivity contribution in [1.82, 2.24) is 5.32 Å². The fourth-order valence-electron chi connectivity index (χ4n) is 8.10. The summed E-state index contributed by atoms with van der Waals surface area (Å²) in [6.45, 7) is 3.78. The molecule has 0 bridgehead atoms. The first-order chi connectivity index (χ1) is 28.3. The van der Waals surface area contributed by atoms with Crippen molar-refractivity contribution in [3.05, 3.63) is 12.2 Å². The number of aliphatic hydroxyl groups excluding tert-OH is 5. The highest BCUT2D eigenvalue weighted by molar-refractivity contribution is 5.76. The van der Waals surface area contributed by atoms with E-state index in [0.717, 1.165) is 38.5 Å². The fraction of sp³-hybridized carbons (Fsp3) is 0.939. The summed E-state index contributed by atoms with van der Waals surface area (Å²) in [6, 6.07) is -0.798. The van der Waals surface area contributed by atoms with Crippen molar-refractivity contribution in [2.45, 2.75) is 281 Å². The van der Waals surface area contributed by atoms with Crippen LogP contribution in [0, 0.1) is 0 Å². The van der Waals surface area contributed by atoms with Crippen LogP contribution < -0.4 is 5.32 Å². The van der Waals surface area contributed by atoms with Crippen LogP contribution in [-0.2, 0) is 14.3 Å². The van der Waals surface area contributed by atoms with Crippen LogP contribution in [-0.4, -0.2) is 87.5 Å². The molecule has 9 heteroatoms. The Morgan fingerprint density at radius 1 is 0.569 bits per heavy atom. The monoisotopic (exact) mass is 826 g/mol. The maximum absolute atomic E-state index is 13.0. The Balaban J connectivity index is 2.23. The van der Waals surface area contributed by atoms with Gasteiger partial charge in [0.25, 0.3) is 0 Å². The Labute approximate surface area is 356 Å². The zero-order chi connectivity index (χ0) is 42.3. The molecule has 0 saturated carbocycles. The second-order valence-electron chi connectivity index (χ2n) is 17.6. The molecule has 344 valence electrons. The van der Waals surface area contributed by atoms with Crippen molar-refractivity contribution >= 4 is 5.91 Å². The molecule has 2 unspecified atom stereocenters. The molecule has 0 aromatic rings. The van der Waals surface area contributed by atoms with Gasteiger partial charge >= 0.3 is 0 Å². The van der Waals surface area contributed by atoms with Crippen molar-refractivity contribution in [3.8, 4) is 0 Å². The number of allylic oxidation sites excluding steroid dienone is 1. The second kappa shape index (κ2) is 40.0. The third kappa shape index (κ3) is 30.0. The minimum absolute atomic E-state index is 0.173. The van der Waals surface area contributed by atoms with Crippen molar-refractivity contribution in [1.29, 1.82) is 0 Å². The smallest absolute Gasteiger partial charge is 0.220 e. The van der Waals surface area contributed by atoms with E-state index in [1.165, 1.54) is 180 Å². The maximum atomic E-state index is 13.0. The van der Waals surface area contributed by atoms with E-state index in [0.29, 0.717) is 6.42 Å². The molecular weight excluding hydrogens is 731 g/mol. The summed E-state index contributed by atoms with van der Waals surface area (Å²) in [5, 5.41) is 54.2. The normalized spacial score (nSPS) is 20.8. The summed E-state index contributed by atoms with van der Waals surface area (Å²) in [5.41, 5.74) is 0. The molecule has 1 aliphatic rings. The molecule has 0 aromatic heterocycles. The Bertz CT molecular complexity index is 919. The van der Waals surface area contributed by atoms with Gasteiger partial charge in [0.2, 0.25) is 5.91 Å². The number of aliphatic hydroxyl groups is 5. The summed E-state index contributed by atoms with van der Waals surface area (Å²) < 4.78 is 11.2. The van der Waals surface area contributed by atoms with Gasteiger partial charge < -0.3 is 40.3 Å². The molecule has 58 heavy (non-hydrogen) atoms. The van der Waals surface area contributed by atoms with Crippen LogP contribution in [0.2, 0.25) is 0 Å². The molecular formula is C49H95NO8. The minimum atomic E-state index is -1.56. The van der Waals surface area contributed by atoms with Gasteiger partial charge in [-0.25, -0.2) is 0 Å². The molecule has 6 N–H and O–H groups in total. The number of carbonyl (C=O) groups is 1. The van der Waals surface area contributed by atoms with Crippen LogP contribution in [0.25, 0.3) is 0 Å². The number of amides is 1. The average molecular weight is 826 g/mol. The topological polar surface area (TPSA) is 149 Å². The van der Waals surface area contributed by atoms with Gasteiger partial charge in [0, 0.05) is 6.42 Å². The average Bonchev–Trinajstić information content (AvgIpc) is 3.22. The molecule has 0 aliphatic carbocycles. The SMILES string of the molecule is CCCCCCCCCCCC/C=C/[C@@H](O)[C@H](CO[C@H]1O[C@@H](CO)[C@H](O)C(O)C1O)NC(=O)CCCCCCCCCCCCCCCCCCCCCCCCC. The Morgan fingerprint density at radius 3 is 1.34 bits per heavy atom. The quantitative estimate of drug-likeness (QED) is 0.0263. The molecule has 9 nitrogen and oxygen atoms in total. The minimum Gasteiger partial charge on any atom is -0.394 e. The molecule has 1 rings (SSSR count). The molecule has 1 saturated heterocycles. The number of rotatable bonds is 42. The number of ether oxygens (including phenoxy) is 2. The van der Waals surface area contributed by atoms with E-state index in [4.69, 9.17) is 9.47 Å². The highest BCUT2D eigenvalue weighted by Crippen LogP contribution is 2.23. The highest BCUT2D eigenvalue weighted by atomic mass is 16.7. The molecule has 1 fully saturated rings. The van der Waals surface area contributed by atoms with E-state index in [9.17, 15) is 30.3 Å². The molecule has 0 aromatic carbocycles. The molecule has 1 heterocycles. The van der Waals surface area contributed by atoms with E-state index in [1.807, 2.05) is 6.08 Å². The van der Waals surface area contributed by atoms with Gasteiger partial charge in [-0.05, 0) is 19.3 Å². The van der Waals surface area contributed by atoms with Crippen molar-refractivity contribution in [3.63, 3.8) is 0 Å². The van der Waals surface area contributed by atoms with Gasteiger partial charge in [-0.1, -0.05) is 225 Å². The van der Waals surface area contributed by atoms with Gasteiger partial charge in [0.15, 0.2) is 6.29 Å². The standard InChI is InChI=1S/C49H95NO8/c1-3-5-7-9-11-13-15-17-18-19-20-21-22-23-24-25-26-27-29-31-33-35-37-39-45(53)50-42(41-57-49-48(56)47(55)46(54)44(40-51)58-49)43(52)38-36-34-32-30-28-16-14-12-10-8-6-4-2/h36,38,42-44,46-49,51-52,54-56H,3-35,37,39-41H2,1-2H3,(H,50,53)/b38-36+/t42-,43+,44-,46-,47?,48?,49-/m0/s1. The van der Waals surface area contributed by atoms with E-state index < -0.39 is 49.5 Å². The predicted octanol–water partition coefficient (Wildman–Crippen LogP) is 10.9. The number of hydrogen-bond donors (Lipinski definition) is 6. The summed E-state index contributed by atoms with van der Waals surface area (Å²) in [7, 11) is 0. The molecule has 1 amide bonds. The first-order valence-electron chi connectivity index (χ1n) is 24.9. The van der Waals surface area contributed by atoms with Gasteiger partial charge in [0.05, 0.1) is 25.4 Å². The van der Waals surface area contributed by atoms with E-state index >= 15 is 0 Å². The summed E-state index contributed by atoms with van der Waals surface area (Å²) in [5.74, 6) is -0.173. The fourth-order valence-corrected chi connectivity index (χ4v) is 8.10. The molecule has 7 atom stereocenters. The number of carbonyl (C=O) groups excluding carboxylic acids is 1. The van der Waals surface area contributed by atoms with E-state index in [1.54, 1.807) is 6.08 Å². The number of nitrogens with one attached hydrogen (secondary N) is 1. The Kier molecular flexibility index (Phi) is 37.9. The van der Waals surface area contributed by atoms with Gasteiger partial charge in [-0.2, -0.15) is 0 Å². The van der Waals surface area contributed by atoms with Gasteiger partial charge in [0.1, 0.15) is 24.4 Å². The first-order valence-corrected chi connectivity index (χ1v) is 24.9. The summed E-state index contributed by atoms with van der Waals surface area (Å²) in [6.07, 6.45) is 39.8. The zero-order valence-electron chi connectivity index (χ0n) is 37.8. The third-order valence-electron chi connectivity index (χ3n) is 12.1. The lowest BCUT2D eigenvalue weighted by molar-refractivity contribution is -0.302. The molecule has 1 aliphatic heterocycles. The predicted molar refractivity (Wildman–Crippen MR) is 240 cm³/mol. The van der Waals surface area contributed by atoms with Crippen LogP contribution in [0.4, 0.5) is 0 Å². The number of unbranched alkanes of at least 4 members (excludes halogenated alkanes) is 32. The lowest BCUT2D eigenvalue weighted by Crippen LogP contribution is -2.60. The lowest BCUT2D eigenvalue weighted by atomic mass is 9.99. The van der Waals surface area contributed by atoms with Gasteiger partial charge in [-0.3, -0.25) is 4.79 Å². The largest absolute Gasteiger partial charge is 0.394 e. The Hall–Kier alpha value is -1.07. The van der Waals surface area contributed by atoms with E-state index in [2.05, 4.69) is 19.2 Å². The van der Waals surface area contributed by atoms with Crippen molar-refractivity contribution in [2.75, 3.05) is 13.2 Å². The summed E-state index contributed by atoms with van der Waals surface area (Å²) >= 11 is 0. The second-order valence-corrected chi connectivity index (χ2v) is 17.6. The summed E-state index contributed by atoms with van der Waals surface area (Å²) in [4.78, 5) is 13.0. The van der Waals surface area contributed by atoms with E-state index in [-0.39, 0.29) is 12.5 Å². The van der Waals surface area contributed by atoms with Crippen LogP contribution in [0.5, 0.6) is 0 Å². The van der Waals surface area contributed by atoms with Crippen LogP contribution in [0.15, 0.2) is 12.2 Å².